The van der Waals surface area contributed by atoms with Gasteiger partial charge < -0.3 is 10.1 Å². The molecule has 0 radical (unpaired) electrons. The Kier molecular flexibility index (Phi) is 8.42. The van der Waals surface area contributed by atoms with E-state index in [9.17, 15) is 9.59 Å². The topological polar surface area (TPSA) is 55.4 Å². The zero-order valence-corrected chi connectivity index (χ0v) is 12.2. The molecule has 4 heteroatoms. The molecule has 106 valence electrons. The number of nitrogens with one attached hydrogen (secondary N) is 1. The van der Waals surface area contributed by atoms with Crippen LogP contribution in [0.1, 0.15) is 59.8 Å². The maximum Gasteiger partial charge on any atom is 0.325 e. The van der Waals surface area contributed by atoms with Crippen molar-refractivity contribution in [2.45, 2.75) is 59.8 Å². The van der Waals surface area contributed by atoms with Gasteiger partial charge in [-0.3, -0.25) is 9.59 Å². The quantitative estimate of drug-likeness (QED) is 0.646. The van der Waals surface area contributed by atoms with Crippen LogP contribution in [0.25, 0.3) is 0 Å². The zero-order chi connectivity index (χ0) is 14.0. The second kappa shape index (κ2) is 8.95. The maximum absolute atomic E-state index is 12.2. The SMILES string of the molecule is CCCCC(C)(CCC)C(=O)NCC(=O)OCC. The second-order valence-electron chi connectivity index (χ2n) is 4.90. The average molecular weight is 257 g/mol. The highest BCUT2D eigenvalue weighted by Gasteiger charge is 2.31. The first kappa shape index (κ1) is 16.9. The van der Waals surface area contributed by atoms with Gasteiger partial charge in [-0.2, -0.15) is 0 Å². The third-order valence-corrected chi connectivity index (χ3v) is 3.13. The Bertz CT molecular complexity index is 266. The van der Waals surface area contributed by atoms with Gasteiger partial charge in [0.2, 0.25) is 5.91 Å². The Morgan fingerprint density at radius 2 is 1.78 bits per heavy atom. The predicted molar refractivity (Wildman–Crippen MR) is 72.2 cm³/mol. The lowest BCUT2D eigenvalue weighted by Crippen LogP contribution is -2.41. The molecule has 0 aromatic rings. The summed E-state index contributed by atoms with van der Waals surface area (Å²) in [7, 11) is 0. The number of rotatable bonds is 9. The third-order valence-electron chi connectivity index (χ3n) is 3.13. The minimum absolute atomic E-state index is 0.0297. The van der Waals surface area contributed by atoms with Crippen molar-refractivity contribution in [2.75, 3.05) is 13.2 Å². The van der Waals surface area contributed by atoms with Crippen LogP contribution in [0.3, 0.4) is 0 Å². The molecule has 1 amide bonds. The van der Waals surface area contributed by atoms with Gasteiger partial charge in [0.05, 0.1) is 6.61 Å². The van der Waals surface area contributed by atoms with E-state index in [0.29, 0.717) is 6.61 Å². The average Bonchev–Trinajstić information content (AvgIpc) is 2.34. The van der Waals surface area contributed by atoms with Gasteiger partial charge in [-0.05, 0) is 19.8 Å². The number of hydrogen-bond donors (Lipinski definition) is 1. The first-order chi connectivity index (χ1) is 8.50. The highest BCUT2D eigenvalue weighted by molar-refractivity contribution is 5.85. The van der Waals surface area contributed by atoms with E-state index in [-0.39, 0.29) is 23.8 Å². The summed E-state index contributed by atoms with van der Waals surface area (Å²) in [4.78, 5) is 23.4. The normalized spacial score (nSPS) is 13.8. The number of esters is 1. The van der Waals surface area contributed by atoms with Crippen molar-refractivity contribution in [3.63, 3.8) is 0 Å². The number of unbranched alkanes of at least 4 members (excludes halogenated alkanes) is 1. The van der Waals surface area contributed by atoms with E-state index < -0.39 is 0 Å². The van der Waals surface area contributed by atoms with Crippen LogP contribution in [0.2, 0.25) is 0 Å². The van der Waals surface area contributed by atoms with E-state index in [0.717, 1.165) is 32.1 Å². The minimum Gasteiger partial charge on any atom is -0.465 e. The van der Waals surface area contributed by atoms with Crippen LogP contribution in [-0.4, -0.2) is 25.0 Å². The van der Waals surface area contributed by atoms with Gasteiger partial charge in [-0.1, -0.05) is 40.0 Å². The van der Waals surface area contributed by atoms with Gasteiger partial charge in [0.15, 0.2) is 0 Å². The van der Waals surface area contributed by atoms with E-state index in [1.165, 1.54) is 0 Å². The van der Waals surface area contributed by atoms with Gasteiger partial charge in [0.1, 0.15) is 6.54 Å². The lowest BCUT2D eigenvalue weighted by atomic mass is 9.80. The molecule has 0 aromatic heterocycles. The Morgan fingerprint density at radius 3 is 2.28 bits per heavy atom. The highest BCUT2D eigenvalue weighted by Crippen LogP contribution is 2.30. The summed E-state index contributed by atoms with van der Waals surface area (Å²) in [5, 5.41) is 2.69. The van der Waals surface area contributed by atoms with Gasteiger partial charge >= 0.3 is 5.97 Å². The molecule has 0 spiro atoms. The van der Waals surface area contributed by atoms with Gasteiger partial charge in [-0.25, -0.2) is 0 Å². The van der Waals surface area contributed by atoms with Crippen molar-refractivity contribution in [1.82, 2.24) is 5.32 Å². The highest BCUT2D eigenvalue weighted by atomic mass is 16.5. The molecular weight excluding hydrogens is 230 g/mol. The van der Waals surface area contributed by atoms with Crippen molar-refractivity contribution in [3.05, 3.63) is 0 Å². The van der Waals surface area contributed by atoms with E-state index in [1.807, 2.05) is 6.92 Å². The Morgan fingerprint density at radius 1 is 1.11 bits per heavy atom. The first-order valence-electron chi connectivity index (χ1n) is 6.94. The van der Waals surface area contributed by atoms with Crippen LogP contribution >= 0.6 is 0 Å². The summed E-state index contributed by atoms with van der Waals surface area (Å²) < 4.78 is 4.79. The number of carbonyl (C=O) groups excluding carboxylic acids is 2. The molecule has 1 unspecified atom stereocenters. The van der Waals surface area contributed by atoms with Crippen LogP contribution < -0.4 is 5.32 Å². The van der Waals surface area contributed by atoms with Gasteiger partial charge in [0, 0.05) is 5.41 Å². The minimum atomic E-state index is -0.375. The van der Waals surface area contributed by atoms with Crippen molar-refractivity contribution >= 4 is 11.9 Å². The zero-order valence-electron chi connectivity index (χ0n) is 12.2. The van der Waals surface area contributed by atoms with Gasteiger partial charge in [-0.15, -0.1) is 0 Å². The molecule has 0 saturated heterocycles. The Balaban J connectivity index is 4.33. The predicted octanol–water partition coefficient (Wildman–Crippen LogP) is 2.66. The Labute approximate surface area is 110 Å². The summed E-state index contributed by atoms with van der Waals surface area (Å²) in [6.45, 7) is 8.23. The molecule has 0 bridgehead atoms. The molecule has 0 fully saturated rings. The molecule has 0 aliphatic heterocycles. The van der Waals surface area contributed by atoms with Crippen LogP contribution in [0.15, 0.2) is 0 Å². The van der Waals surface area contributed by atoms with E-state index in [1.54, 1.807) is 6.92 Å². The molecule has 0 aliphatic rings. The summed E-state index contributed by atoms with van der Waals surface area (Å²) in [5.74, 6) is -0.411. The molecule has 0 heterocycles. The van der Waals surface area contributed by atoms with Crippen molar-refractivity contribution in [2.24, 2.45) is 5.41 Å². The van der Waals surface area contributed by atoms with Crippen LogP contribution in [0, 0.1) is 5.41 Å². The lowest BCUT2D eigenvalue weighted by molar-refractivity contribution is -0.144. The van der Waals surface area contributed by atoms with Crippen molar-refractivity contribution < 1.29 is 14.3 Å². The molecule has 0 aliphatic carbocycles. The molecule has 4 nitrogen and oxygen atoms in total. The summed E-state index contributed by atoms with van der Waals surface area (Å²) in [6, 6.07) is 0. The molecule has 0 rings (SSSR count). The summed E-state index contributed by atoms with van der Waals surface area (Å²) >= 11 is 0. The molecule has 1 atom stereocenters. The molecule has 1 N–H and O–H groups in total. The third kappa shape index (κ3) is 6.03. The van der Waals surface area contributed by atoms with Crippen LogP contribution in [0.4, 0.5) is 0 Å². The smallest absolute Gasteiger partial charge is 0.325 e. The van der Waals surface area contributed by atoms with Crippen LogP contribution in [0.5, 0.6) is 0 Å². The number of hydrogen-bond acceptors (Lipinski definition) is 3. The fraction of sp³-hybridized carbons (Fsp3) is 0.857. The summed E-state index contributed by atoms with van der Waals surface area (Å²) in [6.07, 6.45) is 4.79. The lowest BCUT2D eigenvalue weighted by Gasteiger charge is -2.27. The number of carbonyl (C=O) groups is 2. The monoisotopic (exact) mass is 257 g/mol. The molecule has 0 aromatic carbocycles. The van der Waals surface area contributed by atoms with E-state index in [2.05, 4.69) is 19.2 Å². The van der Waals surface area contributed by atoms with Crippen LogP contribution in [-0.2, 0) is 14.3 Å². The van der Waals surface area contributed by atoms with E-state index in [4.69, 9.17) is 4.74 Å². The first-order valence-corrected chi connectivity index (χ1v) is 6.94. The maximum atomic E-state index is 12.2. The number of amides is 1. The Hall–Kier alpha value is -1.06. The molecular formula is C14H27NO3. The molecule has 18 heavy (non-hydrogen) atoms. The van der Waals surface area contributed by atoms with Crippen molar-refractivity contribution in [1.29, 1.82) is 0 Å². The fourth-order valence-corrected chi connectivity index (χ4v) is 2.05. The fourth-order valence-electron chi connectivity index (χ4n) is 2.05. The van der Waals surface area contributed by atoms with Crippen molar-refractivity contribution in [3.8, 4) is 0 Å². The molecule has 0 saturated carbocycles. The largest absolute Gasteiger partial charge is 0.465 e. The number of ether oxygens (including phenoxy) is 1. The van der Waals surface area contributed by atoms with Gasteiger partial charge in [0.25, 0.3) is 0 Å². The second-order valence-corrected chi connectivity index (χ2v) is 4.90. The van der Waals surface area contributed by atoms with E-state index >= 15 is 0 Å². The standard InChI is InChI=1S/C14H27NO3/c1-5-8-10-14(4,9-6-2)13(17)15-11-12(16)18-7-3/h5-11H2,1-4H3,(H,15,17). The summed E-state index contributed by atoms with van der Waals surface area (Å²) in [5.41, 5.74) is -0.364.